The van der Waals surface area contributed by atoms with Gasteiger partial charge in [0.15, 0.2) is 0 Å². The molecule has 1 aromatic carbocycles. The minimum absolute atomic E-state index is 0.199. The number of hydrogen-bond acceptors (Lipinski definition) is 3. The number of urea groups is 1. The third kappa shape index (κ3) is 3.44. The molecule has 5 heteroatoms. The molecule has 2 aromatic rings. The van der Waals surface area contributed by atoms with Crippen LogP contribution in [0.5, 0.6) is 0 Å². The molecule has 2 amide bonds. The van der Waals surface area contributed by atoms with Gasteiger partial charge in [-0.1, -0.05) is 13.8 Å². The first kappa shape index (κ1) is 14.2. The molecule has 1 heterocycles. The first-order valence-electron chi connectivity index (χ1n) is 6.75. The van der Waals surface area contributed by atoms with Crippen LogP contribution in [0.25, 0.3) is 11.0 Å². The minimum atomic E-state index is -0.199. The van der Waals surface area contributed by atoms with Crippen LogP contribution in [0.2, 0.25) is 0 Å². The van der Waals surface area contributed by atoms with Crippen LogP contribution in [-0.4, -0.2) is 22.5 Å². The molecule has 0 fully saturated rings. The van der Waals surface area contributed by atoms with E-state index in [0.29, 0.717) is 12.5 Å². The van der Waals surface area contributed by atoms with Gasteiger partial charge in [0.25, 0.3) is 0 Å². The first-order valence-corrected chi connectivity index (χ1v) is 6.75. The van der Waals surface area contributed by atoms with Gasteiger partial charge in [0.1, 0.15) is 0 Å². The Kier molecular flexibility index (Phi) is 4.17. The van der Waals surface area contributed by atoms with Crippen molar-refractivity contribution in [2.45, 2.75) is 27.7 Å². The molecule has 0 aliphatic rings. The molecule has 0 radical (unpaired) electrons. The van der Waals surface area contributed by atoms with Crippen molar-refractivity contribution >= 4 is 22.8 Å². The summed E-state index contributed by atoms with van der Waals surface area (Å²) in [6, 6.07) is 5.34. The molecule has 1 aromatic heterocycles. The van der Waals surface area contributed by atoms with Gasteiger partial charge in [0.05, 0.1) is 22.4 Å². The zero-order valence-electron chi connectivity index (χ0n) is 12.3. The molecular weight excluding hydrogens is 252 g/mol. The molecule has 5 nitrogen and oxygen atoms in total. The number of nitrogens with zero attached hydrogens (tertiary/aromatic N) is 2. The lowest BCUT2D eigenvalue weighted by atomic mass is 10.2. The number of nitrogens with one attached hydrogen (secondary N) is 2. The van der Waals surface area contributed by atoms with Crippen LogP contribution in [0.4, 0.5) is 10.5 Å². The summed E-state index contributed by atoms with van der Waals surface area (Å²) in [7, 11) is 0. The third-order valence-corrected chi connectivity index (χ3v) is 3.00. The number of rotatable bonds is 3. The molecule has 20 heavy (non-hydrogen) atoms. The van der Waals surface area contributed by atoms with Gasteiger partial charge in [0, 0.05) is 12.2 Å². The fourth-order valence-electron chi connectivity index (χ4n) is 1.78. The number of carbonyl (C=O) groups excluding carboxylic acids is 1. The Hall–Kier alpha value is -2.17. The average molecular weight is 272 g/mol. The maximum absolute atomic E-state index is 11.7. The Morgan fingerprint density at radius 3 is 2.45 bits per heavy atom. The van der Waals surface area contributed by atoms with E-state index in [9.17, 15) is 4.79 Å². The van der Waals surface area contributed by atoms with Crippen LogP contribution in [0, 0.1) is 19.8 Å². The molecule has 0 saturated carbocycles. The highest BCUT2D eigenvalue weighted by molar-refractivity contribution is 5.91. The van der Waals surface area contributed by atoms with E-state index >= 15 is 0 Å². The van der Waals surface area contributed by atoms with E-state index < -0.39 is 0 Å². The molecule has 0 atom stereocenters. The number of hydrogen-bond donors (Lipinski definition) is 2. The Bertz CT molecular complexity index is 637. The molecule has 0 aliphatic carbocycles. The normalized spacial score (nSPS) is 10.8. The minimum Gasteiger partial charge on any atom is -0.338 e. The highest BCUT2D eigenvalue weighted by Crippen LogP contribution is 2.17. The van der Waals surface area contributed by atoms with Crippen molar-refractivity contribution in [1.82, 2.24) is 15.3 Å². The summed E-state index contributed by atoms with van der Waals surface area (Å²) in [5.41, 5.74) is 4.17. The van der Waals surface area contributed by atoms with Crippen LogP contribution in [0.15, 0.2) is 18.2 Å². The van der Waals surface area contributed by atoms with Crippen LogP contribution in [-0.2, 0) is 0 Å². The summed E-state index contributed by atoms with van der Waals surface area (Å²) in [5, 5.41) is 5.62. The topological polar surface area (TPSA) is 66.9 Å². The third-order valence-electron chi connectivity index (χ3n) is 3.00. The van der Waals surface area contributed by atoms with E-state index in [1.807, 2.05) is 32.0 Å². The maximum atomic E-state index is 11.7. The summed E-state index contributed by atoms with van der Waals surface area (Å²) >= 11 is 0. The molecule has 0 saturated heterocycles. The van der Waals surface area contributed by atoms with Crippen molar-refractivity contribution < 1.29 is 4.79 Å². The van der Waals surface area contributed by atoms with Gasteiger partial charge < -0.3 is 10.6 Å². The molecule has 0 unspecified atom stereocenters. The molecule has 0 spiro atoms. The lowest BCUT2D eigenvalue weighted by Crippen LogP contribution is -2.31. The van der Waals surface area contributed by atoms with Crippen molar-refractivity contribution in [3.05, 3.63) is 29.6 Å². The molecule has 2 N–H and O–H groups in total. The summed E-state index contributed by atoms with van der Waals surface area (Å²) in [4.78, 5) is 20.7. The van der Waals surface area contributed by atoms with Gasteiger partial charge >= 0.3 is 6.03 Å². The van der Waals surface area contributed by atoms with E-state index in [0.717, 1.165) is 28.1 Å². The van der Waals surface area contributed by atoms with Gasteiger partial charge in [-0.25, -0.2) is 14.8 Å². The number of aromatic nitrogens is 2. The van der Waals surface area contributed by atoms with Gasteiger partial charge in [-0.3, -0.25) is 0 Å². The second-order valence-corrected chi connectivity index (χ2v) is 5.33. The Morgan fingerprint density at radius 1 is 1.15 bits per heavy atom. The van der Waals surface area contributed by atoms with Crippen molar-refractivity contribution in [2.24, 2.45) is 5.92 Å². The predicted octanol–water partition coefficient (Wildman–Crippen LogP) is 3.02. The fourth-order valence-corrected chi connectivity index (χ4v) is 1.78. The number of amides is 2. The molecule has 106 valence electrons. The lowest BCUT2D eigenvalue weighted by molar-refractivity contribution is 0.251. The number of benzene rings is 1. The molecule has 0 aliphatic heterocycles. The fraction of sp³-hybridized carbons (Fsp3) is 0.400. The van der Waals surface area contributed by atoms with E-state index in [1.165, 1.54) is 0 Å². The molecule has 2 rings (SSSR count). The Balaban J connectivity index is 2.15. The summed E-state index contributed by atoms with van der Waals surface area (Å²) in [6.07, 6.45) is 0. The second kappa shape index (κ2) is 5.86. The van der Waals surface area contributed by atoms with E-state index in [4.69, 9.17) is 0 Å². The molecular formula is C15H20N4O. The van der Waals surface area contributed by atoms with Crippen LogP contribution >= 0.6 is 0 Å². The number of aryl methyl sites for hydroxylation is 2. The average Bonchev–Trinajstić information content (AvgIpc) is 2.38. The van der Waals surface area contributed by atoms with E-state index in [-0.39, 0.29) is 6.03 Å². The van der Waals surface area contributed by atoms with Crippen LogP contribution in [0.1, 0.15) is 25.2 Å². The Labute approximate surface area is 118 Å². The van der Waals surface area contributed by atoms with Crippen LogP contribution in [0.3, 0.4) is 0 Å². The van der Waals surface area contributed by atoms with Crippen molar-refractivity contribution in [3.63, 3.8) is 0 Å². The smallest absolute Gasteiger partial charge is 0.319 e. The van der Waals surface area contributed by atoms with Crippen molar-refractivity contribution in [3.8, 4) is 0 Å². The van der Waals surface area contributed by atoms with Crippen molar-refractivity contribution in [2.75, 3.05) is 11.9 Å². The number of fused-ring (bicyclic) bond motifs is 1. The monoisotopic (exact) mass is 272 g/mol. The quantitative estimate of drug-likeness (QED) is 0.902. The highest BCUT2D eigenvalue weighted by atomic mass is 16.2. The first-order chi connectivity index (χ1) is 9.45. The zero-order chi connectivity index (χ0) is 14.7. The Morgan fingerprint density at radius 2 is 1.80 bits per heavy atom. The summed E-state index contributed by atoms with van der Waals surface area (Å²) in [5.74, 6) is 0.425. The standard InChI is InChI=1S/C15H20N4O/c1-9(2)8-16-15(20)19-12-5-6-13-14(7-12)18-11(4)10(3)17-13/h5-7,9H,8H2,1-4H3,(H2,16,19,20). The lowest BCUT2D eigenvalue weighted by Gasteiger charge is -2.10. The largest absolute Gasteiger partial charge is 0.338 e. The zero-order valence-corrected chi connectivity index (χ0v) is 12.3. The van der Waals surface area contributed by atoms with Crippen molar-refractivity contribution in [1.29, 1.82) is 0 Å². The van der Waals surface area contributed by atoms with E-state index in [1.54, 1.807) is 0 Å². The second-order valence-electron chi connectivity index (χ2n) is 5.33. The van der Waals surface area contributed by atoms with Gasteiger partial charge in [-0.15, -0.1) is 0 Å². The SMILES string of the molecule is Cc1nc2ccc(NC(=O)NCC(C)C)cc2nc1C. The number of carbonyl (C=O) groups is 1. The van der Waals surface area contributed by atoms with Crippen LogP contribution < -0.4 is 10.6 Å². The van der Waals surface area contributed by atoms with Gasteiger partial charge in [0.2, 0.25) is 0 Å². The maximum Gasteiger partial charge on any atom is 0.319 e. The molecule has 0 bridgehead atoms. The van der Waals surface area contributed by atoms with Gasteiger partial charge in [-0.2, -0.15) is 0 Å². The number of anilines is 1. The predicted molar refractivity (Wildman–Crippen MR) is 80.9 cm³/mol. The highest BCUT2D eigenvalue weighted by Gasteiger charge is 2.05. The van der Waals surface area contributed by atoms with E-state index in [2.05, 4.69) is 34.4 Å². The summed E-state index contributed by atoms with van der Waals surface area (Å²) in [6.45, 7) is 8.62. The summed E-state index contributed by atoms with van der Waals surface area (Å²) < 4.78 is 0. The van der Waals surface area contributed by atoms with Gasteiger partial charge in [-0.05, 0) is 38.0 Å².